The molecule has 0 radical (unpaired) electrons. The highest BCUT2D eigenvalue weighted by molar-refractivity contribution is 9.10. The summed E-state index contributed by atoms with van der Waals surface area (Å²) >= 11 is 15.6. The first-order chi connectivity index (χ1) is 14.8. The van der Waals surface area contributed by atoms with Crippen LogP contribution >= 0.6 is 39.1 Å². The molecule has 0 aliphatic carbocycles. The predicted octanol–water partition coefficient (Wildman–Crippen LogP) is 6.87. The molecule has 1 aromatic heterocycles. The van der Waals surface area contributed by atoms with Crippen LogP contribution in [0.15, 0.2) is 65.1 Å². The third-order valence-electron chi connectivity index (χ3n) is 4.90. The number of halogens is 3. The van der Waals surface area contributed by atoms with Crippen molar-refractivity contribution >= 4 is 50.7 Å². The van der Waals surface area contributed by atoms with Crippen LogP contribution in [-0.4, -0.2) is 20.7 Å². The molecule has 4 rings (SSSR count). The molecular weight excluding hydrogens is 499 g/mol. The van der Waals surface area contributed by atoms with Gasteiger partial charge < -0.3 is 5.32 Å². The number of nitrogens with one attached hydrogen (secondary N) is 1. The quantitative estimate of drug-likeness (QED) is 0.322. The van der Waals surface area contributed by atoms with Crippen LogP contribution < -0.4 is 5.32 Å². The summed E-state index contributed by atoms with van der Waals surface area (Å²) in [6, 6.07) is 18.5. The summed E-state index contributed by atoms with van der Waals surface area (Å²) in [7, 11) is 0. The van der Waals surface area contributed by atoms with E-state index in [0.717, 1.165) is 26.9 Å². The van der Waals surface area contributed by atoms with Crippen molar-refractivity contribution in [3.8, 4) is 17.1 Å². The molecule has 0 bridgehead atoms. The number of hydrogen-bond donors (Lipinski definition) is 1. The summed E-state index contributed by atoms with van der Waals surface area (Å²) in [5.41, 5.74) is 4.30. The standard InChI is InChI=1S/C23H17BrCl2N4O/c1-13-4-3-5-20(14(13)2)30-22(15-6-8-16(24)9-7-15)28-21(29-30)23(31)27-19-11-10-17(25)12-18(19)26/h3-12H,1-2H3,(H,27,31). The van der Waals surface area contributed by atoms with Crippen molar-refractivity contribution in [3.63, 3.8) is 0 Å². The van der Waals surface area contributed by atoms with Gasteiger partial charge in [0.1, 0.15) is 0 Å². The SMILES string of the molecule is Cc1cccc(-n2nc(C(=O)Nc3ccc(Cl)cc3Cl)nc2-c2ccc(Br)cc2)c1C. The van der Waals surface area contributed by atoms with Crippen LogP contribution in [0.4, 0.5) is 5.69 Å². The van der Waals surface area contributed by atoms with Gasteiger partial charge in [-0.2, -0.15) is 0 Å². The molecule has 8 heteroatoms. The molecule has 1 N–H and O–H groups in total. The maximum absolute atomic E-state index is 12.9. The fourth-order valence-electron chi connectivity index (χ4n) is 3.10. The van der Waals surface area contributed by atoms with Crippen molar-refractivity contribution in [2.75, 3.05) is 5.32 Å². The lowest BCUT2D eigenvalue weighted by molar-refractivity contribution is 0.101. The second-order valence-electron chi connectivity index (χ2n) is 6.98. The van der Waals surface area contributed by atoms with Crippen LogP contribution in [0.1, 0.15) is 21.7 Å². The molecule has 31 heavy (non-hydrogen) atoms. The molecule has 0 atom stereocenters. The molecule has 1 heterocycles. The minimum atomic E-state index is -0.466. The Kier molecular flexibility index (Phi) is 6.14. The lowest BCUT2D eigenvalue weighted by Gasteiger charge is -2.11. The van der Waals surface area contributed by atoms with Crippen LogP contribution in [0.25, 0.3) is 17.1 Å². The predicted molar refractivity (Wildman–Crippen MR) is 128 cm³/mol. The molecule has 0 spiro atoms. The second kappa shape index (κ2) is 8.83. The van der Waals surface area contributed by atoms with Gasteiger partial charge >= 0.3 is 0 Å². The summed E-state index contributed by atoms with van der Waals surface area (Å²) in [6.07, 6.45) is 0. The van der Waals surface area contributed by atoms with Gasteiger partial charge in [-0.1, -0.05) is 63.4 Å². The fraction of sp³-hybridized carbons (Fsp3) is 0.0870. The number of anilines is 1. The van der Waals surface area contributed by atoms with E-state index in [1.54, 1.807) is 22.9 Å². The van der Waals surface area contributed by atoms with E-state index in [1.807, 2.05) is 56.3 Å². The zero-order chi connectivity index (χ0) is 22.1. The molecule has 0 aliphatic rings. The average molecular weight is 516 g/mol. The summed E-state index contributed by atoms with van der Waals surface area (Å²) < 4.78 is 2.65. The van der Waals surface area contributed by atoms with Crippen LogP contribution in [-0.2, 0) is 0 Å². The van der Waals surface area contributed by atoms with Crippen molar-refractivity contribution in [3.05, 3.63) is 92.1 Å². The minimum Gasteiger partial charge on any atom is -0.318 e. The molecular formula is C23H17BrCl2N4O. The molecule has 0 aliphatic heterocycles. The van der Waals surface area contributed by atoms with Crippen LogP contribution in [0.5, 0.6) is 0 Å². The number of aryl methyl sites for hydroxylation is 1. The van der Waals surface area contributed by atoms with Gasteiger partial charge in [0.15, 0.2) is 5.82 Å². The lowest BCUT2D eigenvalue weighted by atomic mass is 10.1. The van der Waals surface area contributed by atoms with Crippen LogP contribution in [0.3, 0.4) is 0 Å². The number of carbonyl (C=O) groups is 1. The number of aromatic nitrogens is 3. The molecule has 0 fully saturated rings. The second-order valence-corrected chi connectivity index (χ2v) is 8.73. The Morgan fingerprint density at radius 3 is 2.48 bits per heavy atom. The Balaban J connectivity index is 1.80. The van der Waals surface area contributed by atoms with Gasteiger partial charge in [-0.15, -0.1) is 5.10 Å². The van der Waals surface area contributed by atoms with Crippen molar-refractivity contribution < 1.29 is 4.79 Å². The largest absolute Gasteiger partial charge is 0.318 e. The van der Waals surface area contributed by atoms with E-state index in [0.29, 0.717) is 21.6 Å². The van der Waals surface area contributed by atoms with Gasteiger partial charge in [-0.05, 0) is 61.4 Å². The smallest absolute Gasteiger partial charge is 0.295 e. The number of carbonyl (C=O) groups excluding carboxylic acids is 1. The molecule has 4 aromatic rings. The van der Waals surface area contributed by atoms with Crippen molar-refractivity contribution in [2.24, 2.45) is 0 Å². The Bertz CT molecular complexity index is 1290. The number of nitrogens with zero attached hydrogens (tertiary/aromatic N) is 3. The van der Waals surface area contributed by atoms with E-state index in [1.165, 1.54) is 0 Å². The summed E-state index contributed by atoms with van der Waals surface area (Å²) in [5.74, 6) is 0.130. The first-order valence-corrected chi connectivity index (χ1v) is 10.9. The maximum Gasteiger partial charge on any atom is 0.295 e. The third kappa shape index (κ3) is 4.51. The van der Waals surface area contributed by atoms with E-state index in [9.17, 15) is 4.79 Å². The van der Waals surface area contributed by atoms with E-state index in [4.69, 9.17) is 23.2 Å². The Morgan fingerprint density at radius 2 is 1.77 bits per heavy atom. The highest BCUT2D eigenvalue weighted by atomic mass is 79.9. The number of benzene rings is 3. The molecule has 0 saturated heterocycles. The van der Waals surface area contributed by atoms with E-state index < -0.39 is 5.91 Å². The van der Waals surface area contributed by atoms with Gasteiger partial charge in [0.2, 0.25) is 5.82 Å². The number of hydrogen-bond acceptors (Lipinski definition) is 3. The Labute approximate surface area is 198 Å². The topological polar surface area (TPSA) is 59.8 Å². The monoisotopic (exact) mass is 514 g/mol. The zero-order valence-corrected chi connectivity index (χ0v) is 19.8. The van der Waals surface area contributed by atoms with Crippen LogP contribution in [0.2, 0.25) is 10.0 Å². The lowest BCUT2D eigenvalue weighted by Crippen LogP contribution is -2.14. The number of amides is 1. The van der Waals surface area contributed by atoms with E-state index >= 15 is 0 Å². The van der Waals surface area contributed by atoms with Gasteiger partial charge in [0, 0.05) is 15.1 Å². The first-order valence-electron chi connectivity index (χ1n) is 9.39. The summed E-state index contributed by atoms with van der Waals surface area (Å²) in [4.78, 5) is 17.5. The summed E-state index contributed by atoms with van der Waals surface area (Å²) in [5, 5.41) is 8.11. The molecule has 156 valence electrons. The maximum atomic E-state index is 12.9. The molecule has 0 unspecified atom stereocenters. The fourth-order valence-corrected chi connectivity index (χ4v) is 3.82. The van der Waals surface area contributed by atoms with Gasteiger partial charge in [-0.3, -0.25) is 4.79 Å². The van der Waals surface area contributed by atoms with Crippen molar-refractivity contribution in [2.45, 2.75) is 13.8 Å². The van der Waals surface area contributed by atoms with Gasteiger partial charge in [0.05, 0.1) is 16.4 Å². The highest BCUT2D eigenvalue weighted by Crippen LogP contribution is 2.28. The molecule has 3 aromatic carbocycles. The van der Waals surface area contributed by atoms with Gasteiger partial charge in [0.25, 0.3) is 5.91 Å². The Hall–Kier alpha value is -2.67. The van der Waals surface area contributed by atoms with Gasteiger partial charge in [-0.25, -0.2) is 9.67 Å². The molecule has 5 nitrogen and oxygen atoms in total. The third-order valence-corrected chi connectivity index (χ3v) is 5.97. The normalized spacial score (nSPS) is 10.9. The van der Waals surface area contributed by atoms with E-state index in [-0.39, 0.29) is 5.82 Å². The number of rotatable bonds is 4. The highest BCUT2D eigenvalue weighted by Gasteiger charge is 2.21. The first kappa shape index (κ1) is 21.6. The van der Waals surface area contributed by atoms with Crippen LogP contribution in [0, 0.1) is 13.8 Å². The molecule has 1 amide bonds. The zero-order valence-electron chi connectivity index (χ0n) is 16.7. The Morgan fingerprint density at radius 1 is 1.03 bits per heavy atom. The summed E-state index contributed by atoms with van der Waals surface area (Å²) in [6.45, 7) is 4.05. The minimum absolute atomic E-state index is 0.0323. The van der Waals surface area contributed by atoms with Crippen molar-refractivity contribution in [1.29, 1.82) is 0 Å². The molecule has 0 saturated carbocycles. The van der Waals surface area contributed by atoms with E-state index in [2.05, 4.69) is 31.3 Å². The average Bonchev–Trinajstić information content (AvgIpc) is 3.18. The van der Waals surface area contributed by atoms with Crippen molar-refractivity contribution in [1.82, 2.24) is 14.8 Å².